The Balaban J connectivity index is 2.51. The van der Waals surface area contributed by atoms with E-state index in [4.69, 9.17) is 9.94 Å². The van der Waals surface area contributed by atoms with Crippen LogP contribution in [-0.2, 0) is 11.4 Å². The predicted octanol–water partition coefficient (Wildman–Crippen LogP) is 2.35. The molecule has 0 heterocycles. The molecule has 0 atom stereocenters. The van der Waals surface area contributed by atoms with Crippen molar-refractivity contribution in [1.82, 2.24) is 5.48 Å². The summed E-state index contributed by atoms with van der Waals surface area (Å²) < 4.78 is 12.9. The van der Waals surface area contributed by atoms with Crippen molar-refractivity contribution in [1.29, 1.82) is 0 Å². The zero-order chi connectivity index (χ0) is 11.5. The Morgan fingerprint density at radius 2 is 2.00 bits per heavy atom. The van der Waals surface area contributed by atoms with Crippen LogP contribution < -0.4 is 5.48 Å². The van der Waals surface area contributed by atoms with Gasteiger partial charge in [-0.3, -0.25) is 4.84 Å². The molecule has 0 unspecified atom stereocenters. The topological polar surface area (TPSA) is 41.5 Å². The molecule has 4 heteroatoms. The van der Waals surface area contributed by atoms with Crippen molar-refractivity contribution in [2.75, 3.05) is 0 Å². The van der Waals surface area contributed by atoms with Gasteiger partial charge >= 0.3 is 0 Å². The molecule has 0 amide bonds. The first-order valence-electron chi connectivity index (χ1n) is 4.76. The van der Waals surface area contributed by atoms with Gasteiger partial charge in [-0.25, -0.2) is 4.39 Å². The van der Waals surface area contributed by atoms with Crippen molar-refractivity contribution >= 4 is 0 Å². The standard InChI is InChI=1S/C11H16FNO2/c1-11(2,3)15-13-7-8-4-9(12)6-10(14)5-8/h4-6,13-14H,7H2,1-3H3. The number of phenols is 1. The second-order valence-corrected chi connectivity index (χ2v) is 4.35. The highest BCUT2D eigenvalue weighted by molar-refractivity contribution is 5.28. The number of rotatable bonds is 3. The molecular formula is C11H16FNO2. The zero-order valence-electron chi connectivity index (χ0n) is 9.17. The fourth-order valence-electron chi connectivity index (χ4n) is 1.07. The number of halogens is 1. The largest absolute Gasteiger partial charge is 0.508 e. The molecule has 0 spiro atoms. The Hall–Kier alpha value is -1.13. The minimum Gasteiger partial charge on any atom is -0.508 e. The Kier molecular flexibility index (Phi) is 3.66. The van der Waals surface area contributed by atoms with Crippen LogP contribution in [0.15, 0.2) is 18.2 Å². The quantitative estimate of drug-likeness (QED) is 0.757. The van der Waals surface area contributed by atoms with Gasteiger partial charge in [-0.2, -0.15) is 5.48 Å². The van der Waals surface area contributed by atoms with Gasteiger partial charge in [0.1, 0.15) is 11.6 Å². The van der Waals surface area contributed by atoms with Gasteiger partial charge in [0.05, 0.1) is 5.60 Å². The normalized spacial score (nSPS) is 11.7. The molecule has 1 rings (SSSR count). The van der Waals surface area contributed by atoms with Crippen LogP contribution in [0.2, 0.25) is 0 Å². The lowest BCUT2D eigenvalue weighted by molar-refractivity contribution is -0.0757. The van der Waals surface area contributed by atoms with Crippen molar-refractivity contribution in [3.63, 3.8) is 0 Å². The molecule has 84 valence electrons. The summed E-state index contributed by atoms with van der Waals surface area (Å²) in [6.45, 7) is 6.07. The van der Waals surface area contributed by atoms with Crippen LogP contribution in [-0.4, -0.2) is 10.7 Å². The van der Waals surface area contributed by atoms with Crippen LogP contribution in [0.5, 0.6) is 5.75 Å². The Labute approximate surface area is 88.8 Å². The first-order chi connectivity index (χ1) is 6.87. The summed E-state index contributed by atoms with van der Waals surface area (Å²) in [7, 11) is 0. The zero-order valence-corrected chi connectivity index (χ0v) is 9.17. The third kappa shape index (κ3) is 4.76. The molecule has 0 aliphatic heterocycles. The van der Waals surface area contributed by atoms with Crippen molar-refractivity contribution < 1.29 is 14.3 Å². The lowest BCUT2D eigenvalue weighted by atomic mass is 10.2. The second kappa shape index (κ2) is 4.59. The average Bonchev–Trinajstić information content (AvgIpc) is 1.99. The van der Waals surface area contributed by atoms with Gasteiger partial charge in [-0.15, -0.1) is 0 Å². The lowest BCUT2D eigenvalue weighted by Crippen LogP contribution is -2.28. The van der Waals surface area contributed by atoms with Gasteiger partial charge in [0.2, 0.25) is 0 Å². The lowest BCUT2D eigenvalue weighted by Gasteiger charge is -2.19. The second-order valence-electron chi connectivity index (χ2n) is 4.35. The summed E-state index contributed by atoms with van der Waals surface area (Å²) in [5, 5.41) is 9.14. The molecule has 0 radical (unpaired) electrons. The van der Waals surface area contributed by atoms with Crippen LogP contribution >= 0.6 is 0 Å². The van der Waals surface area contributed by atoms with Gasteiger partial charge in [0.15, 0.2) is 0 Å². The number of hydroxylamine groups is 1. The summed E-state index contributed by atoms with van der Waals surface area (Å²) in [6, 6.07) is 3.90. The van der Waals surface area contributed by atoms with Gasteiger partial charge in [0.25, 0.3) is 0 Å². The number of phenolic OH excluding ortho intramolecular Hbond substituents is 1. The summed E-state index contributed by atoms with van der Waals surface area (Å²) in [4.78, 5) is 5.26. The monoisotopic (exact) mass is 213 g/mol. The van der Waals surface area contributed by atoms with E-state index in [9.17, 15) is 4.39 Å². The SMILES string of the molecule is CC(C)(C)ONCc1cc(O)cc(F)c1. The first kappa shape index (κ1) is 11.9. The molecule has 0 aliphatic carbocycles. The number of aromatic hydroxyl groups is 1. The van der Waals surface area contributed by atoms with E-state index in [0.29, 0.717) is 12.1 Å². The minimum absolute atomic E-state index is 0.0810. The summed E-state index contributed by atoms with van der Waals surface area (Å²) in [6.07, 6.45) is 0. The number of hydrogen-bond acceptors (Lipinski definition) is 3. The van der Waals surface area contributed by atoms with Gasteiger partial charge in [0, 0.05) is 12.6 Å². The van der Waals surface area contributed by atoms with Crippen LogP contribution in [0.25, 0.3) is 0 Å². The van der Waals surface area contributed by atoms with E-state index in [0.717, 1.165) is 6.07 Å². The van der Waals surface area contributed by atoms with Crippen LogP contribution in [0.4, 0.5) is 4.39 Å². The predicted molar refractivity (Wildman–Crippen MR) is 55.7 cm³/mol. The maximum absolute atomic E-state index is 12.9. The highest BCUT2D eigenvalue weighted by atomic mass is 19.1. The van der Waals surface area contributed by atoms with E-state index in [-0.39, 0.29) is 11.4 Å². The van der Waals surface area contributed by atoms with E-state index >= 15 is 0 Å². The fourth-order valence-corrected chi connectivity index (χ4v) is 1.07. The van der Waals surface area contributed by atoms with E-state index < -0.39 is 5.82 Å². The molecule has 0 saturated carbocycles. The fraction of sp³-hybridized carbons (Fsp3) is 0.455. The molecule has 0 bridgehead atoms. The minimum atomic E-state index is -0.456. The van der Waals surface area contributed by atoms with Crippen LogP contribution in [0.1, 0.15) is 26.3 Å². The van der Waals surface area contributed by atoms with E-state index in [1.807, 2.05) is 20.8 Å². The highest BCUT2D eigenvalue weighted by Gasteiger charge is 2.10. The van der Waals surface area contributed by atoms with Gasteiger partial charge in [-0.1, -0.05) is 0 Å². The molecule has 1 aromatic rings. The van der Waals surface area contributed by atoms with Crippen molar-refractivity contribution in [3.05, 3.63) is 29.6 Å². The highest BCUT2D eigenvalue weighted by Crippen LogP contribution is 2.14. The van der Waals surface area contributed by atoms with Crippen LogP contribution in [0, 0.1) is 5.82 Å². The summed E-state index contributed by atoms with van der Waals surface area (Å²) >= 11 is 0. The third-order valence-corrected chi connectivity index (χ3v) is 1.60. The molecule has 15 heavy (non-hydrogen) atoms. The smallest absolute Gasteiger partial charge is 0.127 e. The van der Waals surface area contributed by atoms with Crippen LogP contribution in [0.3, 0.4) is 0 Å². The maximum Gasteiger partial charge on any atom is 0.127 e. The Morgan fingerprint density at radius 1 is 1.33 bits per heavy atom. The Bertz CT molecular complexity index is 314. The molecule has 0 saturated heterocycles. The molecule has 3 nitrogen and oxygen atoms in total. The average molecular weight is 213 g/mol. The first-order valence-corrected chi connectivity index (χ1v) is 4.76. The van der Waals surface area contributed by atoms with Gasteiger partial charge in [-0.05, 0) is 38.5 Å². The number of benzene rings is 1. The maximum atomic E-state index is 12.9. The van der Waals surface area contributed by atoms with Crippen molar-refractivity contribution in [3.8, 4) is 5.75 Å². The van der Waals surface area contributed by atoms with Crippen molar-refractivity contribution in [2.45, 2.75) is 32.9 Å². The molecular weight excluding hydrogens is 197 g/mol. The van der Waals surface area contributed by atoms with Crippen molar-refractivity contribution in [2.24, 2.45) is 0 Å². The van der Waals surface area contributed by atoms with Gasteiger partial charge < -0.3 is 5.11 Å². The molecule has 0 fully saturated rings. The summed E-state index contributed by atoms with van der Waals surface area (Å²) in [5.41, 5.74) is 3.06. The molecule has 0 aromatic heterocycles. The molecule has 2 N–H and O–H groups in total. The van der Waals surface area contributed by atoms with E-state index in [2.05, 4.69) is 5.48 Å². The Morgan fingerprint density at radius 3 is 2.53 bits per heavy atom. The number of hydrogen-bond donors (Lipinski definition) is 2. The molecule has 1 aromatic carbocycles. The summed E-state index contributed by atoms with van der Waals surface area (Å²) in [5.74, 6) is -0.537. The number of nitrogens with one attached hydrogen (secondary N) is 1. The van der Waals surface area contributed by atoms with E-state index in [1.54, 1.807) is 0 Å². The van der Waals surface area contributed by atoms with E-state index in [1.165, 1.54) is 12.1 Å². The molecule has 0 aliphatic rings. The third-order valence-electron chi connectivity index (χ3n) is 1.60.